The second-order valence-electron chi connectivity index (χ2n) is 13.9. The summed E-state index contributed by atoms with van der Waals surface area (Å²) in [5.74, 6) is -0.330. The number of hydrogen-bond donors (Lipinski definition) is 2. The van der Waals surface area contributed by atoms with Crippen molar-refractivity contribution in [2.75, 3.05) is 33.0 Å². The molecule has 0 heterocycles. The first-order chi connectivity index (χ1) is 23.9. The Balaban J connectivity index is 4.03. The fourth-order valence-electron chi connectivity index (χ4n) is 5.87. The molecule has 0 aromatic carbocycles. The fourth-order valence-corrected chi connectivity index (χ4v) is 6.64. The molecule has 0 aliphatic heterocycles. The number of rotatable bonds is 40. The second kappa shape index (κ2) is 38.5. The summed E-state index contributed by atoms with van der Waals surface area (Å²) < 4.78 is 33.4. The summed E-state index contributed by atoms with van der Waals surface area (Å²) in [6, 6.07) is 0. The van der Waals surface area contributed by atoms with E-state index in [2.05, 4.69) is 26.0 Å². The third-order valence-electron chi connectivity index (χ3n) is 8.93. The zero-order valence-corrected chi connectivity index (χ0v) is 33.1. The molecule has 2 unspecified atom stereocenters. The van der Waals surface area contributed by atoms with Crippen molar-refractivity contribution >= 4 is 13.8 Å². The maximum Gasteiger partial charge on any atom is 0.472 e. The number of carbonyl (C=O) groups is 1. The fraction of sp³-hybridized carbons (Fsp3) is 0.925. The number of esters is 1. The molecule has 2 atom stereocenters. The molecular weight excluding hydrogens is 637 g/mol. The van der Waals surface area contributed by atoms with Crippen molar-refractivity contribution in [3.8, 4) is 0 Å². The first-order valence-corrected chi connectivity index (χ1v) is 22.2. The highest BCUT2D eigenvalue weighted by atomic mass is 31.2. The molecule has 0 aromatic heterocycles. The summed E-state index contributed by atoms with van der Waals surface area (Å²) >= 11 is 0. The standard InChI is InChI=1S/C40H80NO7P/c1-3-5-7-9-11-13-15-17-19-20-22-24-26-28-30-32-35-45-37-39(38-47-49(43,44)46-36-34-41)48-40(42)33-31-29-27-25-23-21-18-16-14-12-10-8-6-4-2/h17,19,39H,3-16,18,20-38,41H2,1-2H3,(H,43,44)/b19-17-. The third kappa shape index (κ3) is 38.3. The molecule has 0 bridgehead atoms. The largest absolute Gasteiger partial charge is 0.472 e. The lowest BCUT2D eigenvalue weighted by atomic mass is 10.0. The molecule has 8 nitrogen and oxygen atoms in total. The van der Waals surface area contributed by atoms with Crippen LogP contribution in [0.15, 0.2) is 12.2 Å². The molecule has 0 fully saturated rings. The van der Waals surface area contributed by atoms with Crippen molar-refractivity contribution in [2.45, 2.75) is 206 Å². The van der Waals surface area contributed by atoms with Crippen LogP contribution in [-0.4, -0.2) is 49.9 Å². The van der Waals surface area contributed by atoms with Gasteiger partial charge in [0.2, 0.25) is 0 Å². The number of carbonyl (C=O) groups excluding carboxylic acids is 1. The molecular formula is C40H80NO7P. The van der Waals surface area contributed by atoms with E-state index in [0.29, 0.717) is 13.0 Å². The van der Waals surface area contributed by atoms with Crippen LogP contribution >= 0.6 is 7.82 Å². The molecule has 3 N–H and O–H groups in total. The molecule has 0 saturated heterocycles. The topological polar surface area (TPSA) is 117 Å². The number of phosphoric ester groups is 1. The van der Waals surface area contributed by atoms with Crippen molar-refractivity contribution in [1.82, 2.24) is 0 Å². The van der Waals surface area contributed by atoms with Gasteiger partial charge in [0.1, 0.15) is 6.10 Å². The van der Waals surface area contributed by atoms with E-state index < -0.39 is 13.9 Å². The number of unbranched alkanes of at least 4 members (excludes halogenated alkanes) is 25. The molecule has 0 aliphatic carbocycles. The molecule has 49 heavy (non-hydrogen) atoms. The summed E-state index contributed by atoms with van der Waals surface area (Å²) in [5.41, 5.74) is 5.36. The molecule has 0 radical (unpaired) electrons. The highest BCUT2D eigenvalue weighted by Crippen LogP contribution is 2.43. The number of hydrogen-bond acceptors (Lipinski definition) is 7. The SMILES string of the molecule is CCCCCCCC/C=C\CCCCCCCCOCC(COP(=O)(O)OCCN)OC(=O)CCCCCCCCCCCCCCCC. The summed E-state index contributed by atoms with van der Waals surface area (Å²) in [6.45, 7) is 4.93. The highest BCUT2D eigenvalue weighted by molar-refractivity contribution is 7.47. The highest BCUT2D eigenvalue weighted by Gasteiger charge is 2.25. The summed E-state index contributed by atoms with van der Waals surface area (Å²) in [4.78, 5) is 22.4. The Morgan fingerprint density at radius 3 is 1.49 bits per heavy atom. The van der Waals surface area contributed by atoms with Crippen LogP contribution in [0.5, 0.6) is 0 Å². The summed E-state index contributed by atoms with van der Waals surface area (Å²) in [6.07, 6.45) is 39.3. The number of nitrogens with two attached hydrogens (primary N) is 1. The minimum Gasteiger partial charge on any atom is -0.457 e. The first-order valence-electron chi connectivity index (χ1n) is 20.7. The van der Waals surface area contributed by atoms with Crippen molar-refractivity contribution < 1.29 is 32.8 Å². The second-order valence-corrected chi connectivity index (χ2v) is 15.3. The van der Waals surface area contributed by atoms with Gasteiger partial charge in [-0.3, -0.25) is 13.8 Å². The monoisotopic (exact) mass is 718 g/mol. The quantitative estimate of drug-likeness (QED) is 0.0278. The zero-order chi connectivity index (χ0) is 35.9. The number of allylic oxidation sites excluding steroid dienone is 2. The van der Waals surface area contributed by atoms with Gasteiger partial charge in [0, 0.05) is 19.6 Å². The summed E-state index contributed by atoms with van der Waals surface area (Å²) in [5, 5.41) is 0. The van der Waals surface area contributed by atoms with Crippen molar-refractivity contribution in [3.63, 3.8) is 0 Å². The Morgan fingerprint density at radius 2 is 1.02 bits per heavy atom. The van der Waals surface area contributed by atoms with Crippen LogP contribution in [0.25, 0.3) is 0 Å². The van der Waals surface area contributed by atoms with Crippen LogP contribution in [-0.2, 0) is 27.9 Å². The van der Waals surface area contributed by atoms with E-state index >= 15 is 0 Å². The van der Waals surface area contributed by atoms with E-state index in [0.717, 1.165) is 32.1 Å². The lowest BCUT2D eigenvalue weighted by Crippen LogP contribution is -2.28. The zero-order valence-electron chi connectivity index (χ0n) is 32.2. The Hall–Kier alpha value is -0.760. The Bertz CT molecular complexity index is 767. The minimum absolute atomic E-state index is 0.0934. The molecule has 9 heteroatoms. The molecule has 0 rings (SSSR count). The van der Waals surface area contributed by atoms with E-state index in [1.807, 2.05) is 0 Å². The first kappa shape index (κ1) is 48.2. The normalized spacial score (nSPS) is 13.6. The van der Waals surface area contributed by atoms with E-state index in [1.54, 1.807) is 0 Å². The van der Waals surface area contributed by atoms with Crippen LogP contribution in [0.2, 0.25) is 0 Å². The van der Waals surface area contributed by atoms with Gasteiger partial charge in [-0.05, 0) is 38.5 Å². The van der Waals surface area contributed by atoms with Gasteiger partial charge in [-0.1, -0.05) is 167 Å². The lowest BCUT2D eigenvalue weighted by Gasteiger charge is -2.20. The Labute approximate surface area is 303 Å². The van der Waals surface area contributed by atoms with Gasteiger partial charge in [0.25, 0.3) is 0 Å². The van der Waals surface area contributed by atoms with Crippen molar-refractivity contribution in [3.05, 3.63) is 12.2 Å². The van der Waals surface area contributed by atoms with E-state index in [1.165, 1.54) is 148 Å². The van der Waals surface area contributed by atoms with Gasteiger partial charge >= 0.3 is 13.8 Å². The average Bonchev–Trinajstić information content (AvgIpc) is 3.09. The number of phosphoric acid groups is 1. The van der Waals surface area contributed by atoms with Gasteiger partial charge in [0.05, 0.1) is 19.8 Å². The predicted molar refractivity (Wildman–Crippen MR) is 206 cm³/mol. The molecule has 0 spiro atoms. The van der Waals surface area contributed by atoms with Gasteiger partial charge in [-0.2, -0.15) is 0 Å². The maximum absolute atomic E-state index is 12.5. The molecule has 0 aromatic rings. The van der Waals surface area contributed by atoms with Crippen LogP contribution < -0.4 is 5.73 Å². The predicted octanol–water partition coefficient (Wildman–Crippen LogP) is 11.9. The molecule has 0 amide bonds. The van der Waals surface area contributed by atoms with E-state index in [9.17, 15) is 14.3 Å². The number of ether oxygens (including phenoxy) is 2. The maximum atomic E-state index is 12.5. The van der Waals surface area contributed by atoms with Crippen molar-refractivity contribution in [1.29, 1.82) is 0 Å². The van der Waals surface area contributed by atoms with E-state index in [-0.39, 0.29) is 32.3 Å². The summed E-state index contributed by atoms with van der Waals surface area (Å²) in [7, 11) is -4.27. The van der Waals surface area contributed by atoms with Crippen molar-refractivity contribution in [2.24, 2.45) is 5.73 Å². The molecule has 292 valence electrons. The van der Waals surface area contributed by atoms with E-state index in [4.69, 9.17) is 24.3 Å². The van der Waals surface area contributed by atoms with Crippen LogP contribution in [0, 0.1) is 0 Å². The third-order valence-corrected chi connectivity index (χ3v) is 9.92. The smallest absolute Gasteiger partial charge is 0.457 e. The van der Waals surface area contributed by atoms with Gasteiger partial charge in [-0.15, -0.1) is 0 Å². The van der Waals surface area contributed by atoms with Crippen LogP contribution in [0.4, 0.5) is 0 Å². The van der Waals surface area contributed by atoms with Gasteiger partial charge < -0.3 is 20.1 Å². The van der Waals surface area contributed by atoms with Gasteiger partial charge in [0.15, 0.2) is 0 Å². The average molecular weight is 718 g/mol. The molecule has 0 aliphatic rings. The van der Waals surface area contributed by atoms with Gasteiger partial charge in [-0.25, -0.2) is 4.57 Å². The molecule has 0 saturated carbocycles. The Kier molecular flexibility index (Phi) is 37.9. The minimum atomic E-state index is -4.27. The van der Waals surface area contributed by atoms with Crippen LogP contribution in [0.3, 0.4) is 0 Å². The van der Waals surface area contributed by atoms with Crippen LogP contribution in [0.1, 0.15) is 200 Å². The lowest BCUT2D eigenvalue weighted by molar-refractivity contribution is -0.154. The Morgan fingerprint density at radius 1 is 0.592 bits per heavy atom.